The van der Waals surface area contributed by atoms with Gasteiger partial charge in [0.15, 0.2) is 0 Å². The van der Waals surface area contributed by atoms with Gasteiger partial charge in [0.2, 0.25) is 0 Å². The van der Waals surface area contributed by atoms with E-state index in [0.717, 1.165) is 0 Å². The zero-order valence-electron chi connectivity index (χ0n) is 10.3. The zero-order chi connectivity index (χ0) is 11.4. The second kappa shape index (κ2) is 5.99. The quantitative estimate of drug-likeness (QED) is 0.768. The molecule has 4 atom stereocenters. The van der Waals surface area contributed by atoms with Gasteiger partial charge in [0.1, 0.15) is 0 Å². The fourth-order valence-corrected chi connectivity index (χ4v) is 3.32. The summed E-state index contributed by atoms with van der Waals surface area (Å²) in [5.74, 6) is 0.472. The van der Waals surface area contributed by atoms with Gasteiger partial charge in [0.05, 0.1) is 6.10 Å². The van der Waals surface area contributed by atoms with Gasteiger partial charge < -0.3 is 15.2 Å². The highest BCUT2D eigenvalue weighted by molar-refractivity contribution is 4.89. The molecule has 2 saturated carbocycles. The van der Waals surface area contributed by atoms with E-state index in [2.05, 4.69) is 5.32 Å². The summed E-state index contributed by atoms with van der Waals surface area (Å²) in [4.78, 5) is 0. The van der Waals surface area contributed by atoms with Crippen molar-refractivity contribution in [3.63, 3.8) is 0 Å². The van der Waals surface area contributed by atoms with E-state index in [-0.39, 0.29) is 0 Å². The van der Waals surface area contributed by atoms with Crippen LogP contribution in [0.15, 0.2) is 0 Å². The van der Waals surface area contributed by atoms with Crippen LogP contribution in [0.1, 0.15) is 44.9 Å². The molecule has 3 heteroatoms. The molecule has 0 aromatic rings. The molecule has 2 fully saturated rings. The molecule has 4 unspecified atom stereocenters. The first-order valence-corrected chi connectivity index (χ1v) is 6.75. The lowest BCUT2D eigenvalue weighted by atomic mass is 9.91. The van der Waals surface area contributed by atoms with Crippen molar-refractivity contribution in [2.45, 2.75) is 63.1 Å². The Bertz CT molecular complexity index is 210. The van der Waals surface area contributed by atoms with Crippen LogP contribution in [-0.4, -0.2) is 37.0 Å². The van der Waals surface area contributed by atoms with Crippen LogP contribution in [0.2, 0.25) is 0 Å². The normalized spacial score (nSPS) is 40.1. The number of aliphatic hydroxyl groups excluding tert-OH is 1. The van der Waals surface area contributed by atoms with Crippen molar-refractivity contribution in [2.24, 2.45) is 5.92 Å². The fourth-order valence-electron chi connectivity index (χ4n) is 3.32. The molecule has 0 heterocycles. The van der Waals surface area contributed by atoms with E-state index in [9.17, 15) is 5.11 Å². The Morgan fingerprint density at radius 2 is 1.81 bits per heavy atom. The molecule has 3 nitrogen and oxygen atoms in total. The largest absolute Gasteiger partial charge is 0.396 e. The topological polar surface area (TPSA) is 41.5 Å². The Balaban J connectivity index is 1.86. The Kier molecular flexibility index (Phi) is 4.62. The van der Waals surface area contributed by atoms with E-state index in [1.807, 2.05) is 7.11 Å². The van der Waals surface area contributed by atoms with Gasteiger partial charge in [-0.1, -0.05) is 19.3 Å². The summed E-state index contributed by atoms with van der Waals surface area (Å²) in [5, 5.41) is 13.1. The van der Waals surface area contributed by atoms with E-state index in [4.69, 9.17) is 4.74 Å². The number of aliphatic hydroxyl groups is 1. The van der Waals surface area contributed by atoms with E-state index >= 15 is 0 Å². The minimum atomic E-state index is 0.335. The third-order valence-corrected chi connectivity index (χ3v) is 4.33. The second-order valence-corrected chi connectivity index (χ2v) is 5.31. The Hall–Kier alpha value is -0.120. The minimum Gasteiger partial charge on any atom is -0.396 e. The van der Waals surface area contributed by atoms with Gasteiger partial charge in [0.25, 0.3) is 0 Å². The van der Waals surface area contributed by atoms with Crippen molar-refractivity contribution < 1.29 is 9.84 Å². The molecule has 2 aliphatic rings. The van der Waals surface area contributed by atoms with E-state index in [0.29, 0.717) is 30.7 Å². The van der Waals surface area contributed by atoms with Crippen LogP contribution < -0.4 is 5.32 Å². The minimum absolute atomic E-state index is 0.335. The number of nitrogens with one attached hydrogen (secondary N) is 1. The Morgan fingerprint density at radius 1 is 1.06 bits per heavy atom. The average Bonchev–Trinajstić information content (AvgIpc) is 2.77. The van der Waals surface area contributed by atoms with Crippen LogP contribution in [0, 0.1) is 5.92 Å². The molecule has 0 bridgehead atoms. The zero-order valence-corrected chi connectivity index (χ0v) is 10.3. The SMILES string of the molecule is COC1CCCCC1NC1CCCC1CO. The predicted octanol–water partition coefficient (Wildman–Crippen LogP) is 1.69. The van der Waals surface area contributed by atoms with Gasteiger partial charge in [-0.25, -0.2) is 0 Å². The molecule has 0 aliphatic heterocycles. The Morgan fingerprint density at radius 3 is 2.56 bits per heavy atom. The van der Waals surface area contributed by atoms with Crippen molar-refractivity contribution >= 4 is 0 Å². The first-order chi connectivity index (χ1) is 7.85. The van der Waals surface area contributed by atoms with Crippen LogP contribution in [0.25, 0.3) is 0 Å². The number of hydrogen-bond acceptors (Lipinski definition) is 3. The Labute approximate surface area is 98.6 Å². The summed E-state index contributed by atoms with van der Waals surface area (Å²) in [6.45, 7) is 0.335. The molecule has 0 spiro atoms. The third kappa shape index (κ3) is 2.76. The van der Waals surface area contributed by atoms with E-state index in [1.54, 1.807) is 0 Å². The average molecular weight is 227 g/mol. The summed E-state index contributed by atoms with van der Waals surface area (Å²) in [6.07, 6.45) is 9.06. The maximum absolute atomic E-state index is 9.32. The standard InChI is InChI=1S/C13H25NO2/c1-16-13-8-3-2-6-12(13)14-11-7-4-5-10(11)9-15/h10-15H,2-9H2,1H3. The van der Waals surface area contributed by atoms with E-state index < -0.39 is 0 Å². The van der Waals surface area contributed by atoms with Gasteiger partial charge in [0, 0.05) is 25.8 Å². The number of rotatable bonds is 4. The smallest absolute Gasteiger partial charge is 0.0724 e. The summed E-state index contributed by atoms with van der Waals surface area (Å²) in [7, 11) is 1.82. The number of methoxy groups -OCH3 is 1. The third-order valence-electron chi connectivity index (χ3n) is 4.33. The molecule has 94 valence electrons. The molecular weight excluding hydrogens is 202 g/mol. The van der Waals surface area contributed by atoms with Crippen LogP contribution in [0.4, 0.5) is 0 Å². The molecule has 0 aromatic heterocycles. The number of hydrogen-bond donors (Lipinski definition) is 2. The van der Waals surface area contributed by atoms with Gasteiger partial charge in [-0.15, -0.1) is 0 Å². The monoisotopic (exact) mass is 227 g/mol. The van der Waals surface area contributed by atoms with Crippen LogP contribution in [0.3, 0.4) is 0 Å². The molecule has 0 aromatic carbocycles. The van der Waals surface area contributed by atoms with Crippen LogP contribution >= 0.6 is 0 Å². The molecule has 2 aliphatic carbocycles. The van der Waals surface area contributed by atoms with Crippen LogP contribution in [-0.2, 0) is 4.74 Å². The summed E-state index contributed by atoms with van der Waals surface area (Å²) in [6, 6.07) is 1.03. The maximum atomic E-state index is 9.32. The van der Waals surface area contributed by atoms with Crippen LogP contribution in [0.5, 0.6) is 0 Å². The highest BCUT2D eigenvalue weighted by Gasteiger charge is 2.32. The molecule has 16 heavy (non-hydrogen) atoms. The lowest BCUT2D eigenvalue weighted by molar-refractivity contribution is 0.0340. The van der Waals surface area contributed by atoms with Gasteiger partial charge >= 0.3 is 0 Å². The maximum Gasteiger partial charge on any atom is 0.0724 e. The first kappa shape index (κ1) is 12.3. The summed E-state index contributed by atoms with van der Waals surface area (Å²) < 4.78 is 5.56. The van der Waals surface area contributed by atoms with Gasteiger partial charge in [-0.3, -0.25) is 0 Å². The highest BCUT2D eigenvalue weighted by atomic mass is 16.5. The molecule has 2 N–H and O–H groups in total. The van der Waals surface area contributed by atoms with Crippen molar-refractivity contribution in [1.82, 2.24) is 5.32 Å². The summed E-state index contributed by atoms with van der Waals surface area (Å²) >= 11 is 0. The lowest BCUT2D eigenvalue weighted by Gasteiger charge is -2.34. The summed E-state index contributed by atoms with van der Waals surface area (Å²) in [5.41, 5.74) is 0. The van der Waals surface area contributed by atoms with Gasteiger partial charge in [-0.05, 0) is 31.6 Å². The highest BCUT2D eigenvalue weighted by Crippen LogP contribution is 2.28. The van der Waals surface area contributed by atoms with Crippen molar-refractivity contribution in [1.29, 1.82) is 0 Å². The number of ether oxygens (including phenoxy) is 1. The molecule has 0 amide bonds. The van der Waals surface area contributed by atoms with E-state index in [1.165, 1.54) is 44.9 Å². The molecule has 2 rings (SSSR count). The second-order valence-electron chi connectivity index (χ2n) is 5.31. The van der Waals surface area contributed by atoms with Gasteiger partial charge in [-0.2, -0.15) is 0 Å². The molecular formula is C13H25NO2. The van der Waals surface area contributed by atoms with Crippen molar-refractivity contribution in [3.8, 4) is 0 Å². The lowest BCUT2D eigenvalue weighted by Crippen LogP contribution is -2.49. The first-order valence-electron chi connectivity index (χ1n) is 6.75. The molecule has 0 radical (unpaired) electrons. The fraction of sp³-hybridized carbons (Fsp3) is 1.00. The predicted molar refractivity (Wildman–Crippen MR) is 64.4 cm³/mol. The van der Waals surface area contributed by atoms with Crippen molar-refractivity contribution in [2.75, 3.05) is 13.7 Å². The van der Waals surface area contributed by atoms with Crippen molar-refractivity contribution in [3.05, 3.63) is 0 Å². The molecule has 0 saturated heterocycles.